The third kappa shape index (κ3) is 7.35. The Morgan fingerprint density at radius 1 is 1.03 bits per heavy atom. The smallest absolute Gasteiger partial charge is 0.383 e. The molecule has 2 rings (SSSR count). The molecule has 5 heteroatoms. The summed E-state index contributed by atoms with van der Waals surface area (Å²) >= 11 is 0. The van der Waals surface area contributed by atoms with Gasteiger partial charge in [-0.15, -0.1) is 0 Å². The normalized spacial score (nSPS) is 11.7. The van der Waals surface area contributed by atoms with Crippen LogP contribution in [-0.2, 0) is 0 Å². The molecule has 31 heavy (non-hydrogen) atoms. The van der Waals surface area contributed by atoms with E-state index in [2.05, 4.69) is 45.9 Å². The molecule has 1 aromatic carbocycles. The number of hydrogen-bond donors (Lipinski definition) is 0. The van der Waals surface area contributed by atoms with Crippen LogP contribution in [-0.4, -0.2) is 20.3 Å². The van der Waals surface area contributed by atoms with Gasteiger partial charge in [0.1, 0.15) is 6.61 Å². The third-order valence-corrected chi connectivity index (χ3v) is 4.71. The van der Waals surface area contributed by atoms with Crippen LogP contribution in [0.1, 0.15) is 53.4 Å². The molecular formula is C26H34O5. The highest BCUT2D eigenvalue weighted by Crippen LogP contribution is 2.36. The van der Waals surface area contributed by atoms with E-state index in [1.54, 1.807) is 6.07 Å². The van der Waals surface area contributed by atoms with Gasteiger partial charge in [0, 0.05) is 0 Å². The van der Waals surface area contributed by atoms with Gasteiger partial charge in [0.05, 0.1) is 19.1 Å². The zero-order valence-electron chi connectivity index (χ0n) is 19.3. The predicted octanol–water partition coefficient (Wildman–Crippen LogP) is 6.61. The lowest BCUT2D eigenvalue weighted by Crippen LogP contribution is -2.11. The zero-order valence-corrected chi connectivity index (χ0v) is 19.3. The van der Waals surface area contributed by atoms with Gasteiger partial charge in [-0.3, -0.25) is 0 Å². The number of allylic oxidation sites excluding steroid dienone is 4. The molecule has 1 aromatic heterocycles. The molecule has 0 aliphatic rings. The summed E-state index contributed by atoms with van der Waals surface area (Å²) in [6, 6.07) is 5.42. The van der Waals surface area contributed by atoms with Crippen molar-refractivity contribution in [3.05, 3.63) is 64.1 Å². The molecule has 0 amide bonds. The molecule has 0 radical (unpaired) electrons. The fourth-order valence-electron chi connectivity index (χ4n) is 3.05. The summed E-state index contributed by atoms with van der Waals surface area (Å²) in [5.74, 6) is 0.964. The van der Waals surface area contributed by atoms with E-state index in [1.165, 1.54) is 18.3 Å². The monoisotopic (exact) mass is 426 g/mol. The third-order valence-electron chi connectivity index (χ3n) is 4.71. The molecule has 0 bridgehead atoms. The van der Waals surface area contributed by atoms with Gasteiger partial charge in [0.15, 0.2) is 17.1 Å². The van der Waals surface area contributed by atoms with E-state index in [0.29, 0.717) is 29.1 Å². The van der Waals surface area contributed by atoms with Gasteiger partial charge in [0.2, 0.25) is 5.75 Å². The van der Waals surface area contributed by atoms with Crippen LogP contribution in [0.25, 0.3) is 11.0 Å². The minimum absolute atomic E-state index is 0.0913. The molecule has 0 atom stereocenters. The summed E-state index contributed by atoms with van der Waals surface area (Å²) in [6.45, 7) is 9.03. The van der Waals surface area contributed by atoms with Crippen molar-refractivity contribution < 1.29 is 18.6 Å². The molecule has 0 saturated carbocycles. The van der Waals surface area contributed by atoms with Gasteiger partial charge in [-0.2, -0.15) is 0 Å². The standard InChI is InChI=1S/C26H34O5/c1-6-7-8-9-17-29-24-21-14-11-15-22(28-5)23(21)31-26(27)25(24)30-18-16-20(4)13-10-12-19(2)3/h7-8,11-12,14-16H,6,9-10,13,17-18H2,1-5H3. The average molecular weight is 427 g/mol. The lowest BCUT2D eigenvalue weighted by atomic mass is 10.1. The van der Waals surface area contributed by atoms with Crippen LogP contribution in [0.15, 0.2) is 62.9 Å². The molecule has 0 aliphatic heterocycles. The first kappa shape index (κ1) is 24.3. The number of fused-ring (bicyclic) bond motifs is 1. The van der Waals surface area contributed by atoms with Gasteiger partial charge in [-0.25, -0.2) is 4.79 Å². The number of para-hydroxylation sites is 1. The first-order chi connectivity index (χ1) is 15.0. The Balaban J connectivity index is 2.27. The van der Waals surface area contributed by atoms with Crippen molar-refractivity contribution in [1.82, 2.24) is 0 Å². The van der Waals surface area contributed by atoms with Gasteiger partial charge >= 0.3 is 5.63 Å². The second-order valence-electron chi connectivity index (χ2n) is 7.58. The first-order valence-electron chi connectivity index (χ1n) is 10.8. The van der Waals surface area contributed by atoms with Crippen LogP contribution >= 0.6 is 0 Å². The largest absolute Gasteiger partial charge is 0.493 e. The van der Waals surface area contributed by atoms with Crippen molar-refractivity contribution in [2.24, 2.45) is 0 Å². The second kappa shape index (κ2) is 12.7. The van der Waals surface area contributed by atoms with E-state index in [4.69, 9.17) is 18.6 Å². The zero-order chi connectivity index (χ0) is 22.6. The van der Waals surface area contributed by atoms with Crippen molar-refractivity contribution in [2.75, 3.05) is 20.3 Å². The number of benzene rings is 1. The molecule has 168 valence electrons. The van der Waals surface area contributed by atoms with Crippen molar-refractivity contribution in [3.63, 3.8) is 0 Å². The van der Waals surface area contributed by atoms with Gasteiger partial charge < -0.3 is 18.6 Å². The molecule has 0 unspecified atom stereocenters. The summed E-state index contributed by atoms with van der Waals surface area (Å²) in [7, 11) is 1.54. The van der Waals surface area contributed by atoms with Crippen LogP contribution in [0, 0.1) is 0 Å². The molecule has 1 heterocycles. The minimum atomic E-state index is -0.577. The van der Waals surface area contributed by atoms with E-state index in [-0.39, 0.29) is 12.4 Å². The summed E-state index contributed by atoms with van der Waals surface area (Å²) in [6.07, 6.45) is 12.0. The molecule has 2 aromatic rings. The maximum atomic E-state index is 12.7. The Morgan fingerprint density at radius 2 is 1.84 bits per heavy atom. The summed E-state index contributed by atoms with van der Waals surface area (Å²) in [5, 5.41) is 0.651. The average Bonchev–Trinajstić information content (AvgIpc) is 2.74. The molecule has 0 aliphatic carbocycles. The second-order valence-corrected chi connectivity index (χ2v) is 7.58. The lowest BCUT2D eigenvalue weighted by Gasteiger charge is -2.14. The van der Waals surface area contributed by atoms with E-state index in [0.717, 1.165) is 25.7 Å². The molecular weight excluding hydrogens is 392 g/mol. The van der Waals surface area contributed by atoms with Crippen LogP contribution in [0.3, 0.4) is 0 Å². The van der Waals surface area contributed by atoms with Gasteiger partial charge in [-0.05, 0) is 64.7 Å². The van der Waals surface area contributed by atoms with Crippen LogP contribution in [0.5, 0.6) is 17.2 Å². The minimum Gasteiger partial charge on any atom is -0.493 e. The number of methoxy groups -OCH3 is 1. The Labute approximate surface area is 185 Å². The highest BCUT2D eigenvalue weighted by atomic mass is 16.5. The highest BCUT2D eigenvalue weighted by molar-refractivity contribution is 5.89. The Morgan fingerprint density at radius 3 is 2.55 bits per heavy atom. The molecule has 0 saturated heterocycles. The van der Waals surface area contributed by atoms with Crippen LogP contribution in [0.2, 0.25) is 0 Å². The molecule has 5 nitrogen and oxygen atoms in total. The summed E-state index contributed by atoms with van der Waals surface area (Å²) < 4.78 is 22.7. The van der Waals surface area contributed by atoms with Crippen molar-refractivity contribution in [2.45, 2.75) is 53.4 Å². The maximum absolute atomic E-state index is 12.7. The van der Waals surface area contributed by atoms with Crippen LogP contribution in [0.4, 0.5) is 0 Å². The lowest BCUT2D eigenvalue weighted by molar-refractivity contribution is 0.279. The van der Waals surface area contributed by atoms with Gasteiger partial charge in [0.25, 0.3) is 0 Å². The first-order valence-corrected chi connectivity index (χ1v) is 10.8. The van der Waals surface area contributed by atoms with E-state index in [9.17, 15) is 4.79 Å². The van der Waals surface area contributed by atoms with Crippen molar-refractivity contribution in [1.29, 1.82) is 0 Å². The molecule has 0 fully saturated rings. The predicted molar refractivity (Wildman–Crippen MR) is 126 cm³/mol. The van der Waals surface area contributed by atoms with E-state index < -0.39 is 5.63 Å². The Hall–Kier alpha value is -2.95. The number of ether oxygens (including phenoxy) is 3. The van der Waals surface area contributed by atoms with Gasteiger partial charge in [-0.1, -0.05) is 42.4 Å². The SMILES string of the molecule is CCC=CCCOc1c(OCC=C(C)CCC=C(C)C)c(=O)oc2c(OC)cccc12. The summed E-state index contributed by atoms with van der Waals surface area (Å²) in [5.41, 5.74) is 2.29. The van der Waals surface area contributed by atoms with Crippen LogP contribution < -0.4 is 19.8 Å². The van der Waals surface area contributed by atoms with Crippen molar-refractivity contribution >= 4 is 11.0 Å². The number of rotatable bonds is 12. The van der Waals surface area contributed by atoms with Crippen molar-refractivity contribution in [3.8, 4) is 17.2 Å². The van der Waals surface area contributed by atoms with E-state index >= 15 is 0 Å². The highest BCUT2D eigenvalue weighted by Gasteiger charge is 2.19. The topological polar surface area (TPSA) is 57.9 Å². The molecule has 0 N–H and O–H groups in total. The Kier molecular flexibility index (Phi) is 9.95. The van der Waals surface area contributed by atoms with E-state index in [1.807, 2.05) is 18.2 Å². The maximum Gasteiger partial charge on any atom is 0.383 e. The quantitative estimate of drug-likeness (QED) is 0.217. The number of hydrogen-bond acceptors (Lipinski definition) is 5. The fourth-order valence-corrected chi connectivity index (χ4v) is 3.05. The molecule has 0 spiro atoms. The summed E-state index contributed by atoms with van der Waals surface area (Å²) in [4.78, 5) is 12.7. The fraction of sp³-hybridized carbons (Fsp3) is 0.423. The Bertz CT molecular complexity index is 991.